The van der Waals surface area contributed by atoms with E-state index in [0.717, 1.165) is 24.4 Å². The Hall–Kier alpha value is -0.340. The number of rotatable bonds is 5. The fraction of sp³-hybridized carbons (Fsp3) is 0.750. The first-order valence-electron chi connectivity index (χ1n) is 7.66. The minimum Gasteiger partial charge on any atom is -0.309 e. The molecule has 3 rings (SSSR count). The van der Waals surface area contributed by atoms with E-state index in [9.17, 15) is 0 Å². The van der Waals surface area contributed by atoms with E-state index in [2.05, 4.69) is 24.4 Å². The minimum atomic E-state index is 0.788. The van der Waals surface area contributed by atoms with Gasteiger partial charge in [0, 0.05) is 22.3 Å². The van der Waals surface area contributed by atoms with E-state index in [0.29, 0.717) is 0 Å². The Morgan fingerprint density at radius 3 is 2.67 bits per heavy atom. The molecule has 1 N–H and O–H groups in total. The van der Waals surface area contributed by atoms with Gasteiger partial charge in [0.1, 0.15) is 0 Å². The maximum atomic E-state index is 3.80. The van der Waals surface area contributed by atoms with Crippen LogP contribution in [0.1, 0.15) is 55.2 Å². The van der Waals surface area contributed by atoms with E-state index in [1.165, 1.54) is 54.7 Å². The van der Waals surface area contributed by atoms with Gasteiger partial charge < -0.3 is 5.32 Å². The molecule has 100 valence electrons. The molecule has 2 heteroatoms. The van der Waals surface area contributed by atoms with E-state index < -0.39 is 0 Å². The van der Waals surface area contributed by atoms with E-state index in [1.807, 2.05) is 11.3 Å². The summed E-state index contributed by atoms with van der Waals surface area (Å²) in [5, 5.41) is 3.80. The Balaban J connectivity index is 1.47. The molecule has 0 radical (unpaired) electrons. The van der Waals surface area contributed by atoms with Crippen molar-refractivity contribution in [3.63, 3.8) is 0 Å². The molecule has 1 nitrogen and oxygen atoms in total. The van der Waals surface area contributed by atoms with Gasteiger partial charge in [0.15, 0.2) is 0 Å². The van der Waals surface area contributed by atoms with Crippen molar-refractivity contribution in [1.29, 1.82) is 0 Å². The molecule has 1 heterocycles. The highest BCUT2D eigenvalue weighted by Crippen LogP contribution is 2.43. The molecule has 2 unspecified atom stereocenters. The summed E-state index contributed by atoms with van der Waals surface area (Å²) in [6.45, 7) is 3.33. The van der Waals surface area contributed by atoms with Crippen LogP contribution < -0.4 is 5.32 Å². The fourth-order valence-electron chi connectivity index (χ4n) is 3.36. The third-order valence-electron chi connectivity index (χ3n) is 4.63. The van der Waals surface area contributed by atoms with Gasteiger partial charge in [-0.2, -0.15) is 0 Å². The maximum Gasteiger partial charge on any atom is 0.0302 e. The first kappa shape index (κ1) is 12.7. The van der Waals surface area contributed by atoms with Gasteiger partial charge in [-0.3, -0.25) is 0 Å². The van der Waals surface area contributed by atoms with Gasteiger partial charge >= 0.3 is 0 Å². The SMILES string of the molecule is CCc1ccc(CNC2CCCC(C3CC3)C2)s1. The summed E-state index contributed by atoms with van der Waals surface area (Å²) in [5.74, 6) is 2.15. The second-order valence-corrected chi connectivity index (χ2v) is 7.32. The van der Waals surface area contributed by atoms with Crippen LogP contribution in [-0.4, -0.2) is 6.04 Å². The van der Waals surface area contributed by atoms with Crippen LogP contribution in [-0.2, 0) is 13.0 Å². The fourth-order valence-corrected chi connectivity index (χ4v) is 4.27. The molecule has 2 aliphatic carbocycles. The summed E-state index contributed by atoms with van der Waals surface area (Å²) in [6.07, 6.45) is 10.00. The van der Waals surface area contributed by atoms with Crippen molar-refractivity contribution in [2.75, 3.05) is 0 Å². The summed E-state index contributed by atoms with van der Waals surface area (Å²) in [6, 6.07) is 5.38. The van der Waals surface area contributed by atoms with E-state index in [1.54, 1.807) is 0 Å². The average Bonchev–Trinajstić information content (AvgIpc) is 3.16. The van der Waals surface area contributed by atoms with Crippen LogP contribution in [0.2, 0.25) is 0 Å². The van der Waals surface area contributed by atoms with Gasteiger partial charge in [0.05, 0.1) is 0 Å². The zero-order valence-corrected chi connectivity index (χ0v) is 12.3. The van der Waals surface area contributed by atoms with E-state index in [4.69, 9.17) is 0 Å². The number of nitrogens with one attached hydrogen (secondary N) is 1. The highest BCUT2D eigenvalue weighted by Gasteiger charge is 2.34. The number of thiophene rings is 1. The number of aryl methyl sites for hydroxylation is 1. The summed E-state index contributed by atoms with van der Waals surface area (Å²) in [5.41, 5.74) is 0. The Morgan fingerprint density at radius 1 is 1.11 bits per heavy atom. The Bertz CT molecular complexity index is 380. The summed E-state index contributed by atoms with van der Waals surface area (Å²) < 4.78 is 0. The predicted octanol–water partition coefficient (Wildman–Crippen LogP) is 4.37. The van der Waals surface area contributed by atoms with Crippen molar-refractivity contribution >= 4 is 11.3 Å². The van der Waals surface area contributed by atoms with Crippen molar-refractivity contribution in [2.24, 2.45) is 11.8 Å². The average molecular weight is 263 g/mol. The Morgan fingerprint density at radius 2 is 1.94 bits per heavy atom. The smallest absolute Gasteiger partial charge is 0.0302 e. The van der Waals surface area contributed by atoms with E-state index >= 15 is 0 Å². The molecule has 0 aromatic carbocycles. The molecule has 2 fully saturated rings. The molecule has 18 heavy (non-hydrogen) atoms. The zero-order chi connectivity index (χ0) is 12.4. The summed E-state index contributed by atoms with van der Waals surface area (Å²) >= 11 is 1.98. The molecule has 2 saturated carbocycles. The third-order valence-corrected chi connectivity index (χ3v) is 5.86. The zero-order valence-electron chi connectivity index (χ0n) is 11.5. The minimum absolute atomic E-state index is 0.788. The summed E-state index contributed by atoms with van der Waals surface area (Å²) in [7, 11) is 0. The lowest BCUT2D eigenvalue weighted by Crippen LogP contribution is -2.34. The highest BCUT2D eigenvalue weighted by atomic mass is 32.1. The van der Waals surface area contributed by atoms with Gasteiger partial charge in [0.2, 0.25) is 0 Å². The first-order valence-corrected chi connectivity index (χ1v) is 8.47. The molecule has 2 aliphatic rings. The molecular formula is C16H25NS. The molecule has 1 aromatic heterocycles. The lowest BCUT2D eigenvalue weighted by molar-refractivity contribution is 0.260. The van der Waals surface area contributed by atoms with Gasteiger partial charge in [-0.1, -0.05) is 19.8 Å². The third kappa shape index (κ3) is 3.16. The van der Waals surface area contributed by atoms with Crippen molar-refractivity contribution < 1.29 is 0 Å². The lowest BCUT2D eigenvalue weighted by atomic mass is 9.83. The van der Waals surface area contributed by atoms with Crippen LogP contribution in [0.3, 0.4) is 0 Å². The molecule has 0 bridgehead atoms. The molecule has 2 atom stereocenters. The topological polar surface area (TPSA) is 12.0 Å². The largest absolute Gasteiger partial charge is 0.309 e. The first-order chi connectivity index (χ1) is 8.85. The normalized spacial score (nSPS) is 28.5. The van der Waals surface area contributed by atoms with Gasteiger partial charge in [0.25, 0.3) is 0 Å². The van der Waals surface area contributed by atoms with Crippen LogP contribution in [0, 0.1) is 11.8 Å². The molecule has 0 aliphatic heterocycles. The number of hydrogen-bond donors (Lipinski definition) is 1. The maximum absolute atomic E-state index is 3.80. The highest BCUT2D eigenvalue weighted by molar-refractivity contribution is 7.11. The quantitative estimate of drug-likeness (QED) is 0.832. The number of hydrogen-bond acceptors (Lipinski definition) is 2. The standard InChI is InChI=1S/C16H25NS/c1-2-15-8-9-16(18-15)11-17-14-5-3-4-13(10-14)12-6-7-12/h8-9,12-14,17H,2-7,10-11H2,1H3. The predicted molar refractivity (Wildman–Crippen MR) is 79.0 cm³/mol. The Kier molecular flexibility index (Phi) is 4.05. The lowest BCUT2D eigenvalue weighted by Gasteiger charge is -2.29. The second-order valence-electron chi connectivity index (χ2n) is 6.06. The van der Waals surface area contributed by atoms with Crippen LogP contribution >= 0.6 is 11.3 Å². The van der Waals surface area contributed by atoms with Crippen LogP contribution in [0.5, 0.6) is 0 Å². The molecular weight excluding hydrogens is 238 g/mol. The molecule has 1 aromatic rings. The van der Waals surface area contributed by atoms with E-state index in [-0.39, 0.29) is 0 Å². The Labute approximate surface area is 115 Å². The summed E-state index contributed by atoms with van der Waals surface area (Å²) in [4.78, 5) is 3.03. The van der Waals surface area contributed by atoms with Gasteiger partial charge in [-0.25, -0.2) is 0 Å². The molecule has 0 spiro atoms. The van der Waals surface area contributed by atoms with Crippen LogP contribution in [0.15, 0.2) is 12.1 Å². The van der Waals surface area contributed by atoms with Crippen molar-refractivity contribution in [2.45, 2.75) is 64.5 Å². The monoisotopic (exact) mass is 263 g/mol. The van der Waals surface area contributed by atoms with Gasteiger partial charge in [-0.15, -0.1) is 11.3 Å². The van der Waals surface area contributed by atoms with Crippen molar-refractivity contribution in [3.8, 4) is 0 Å². The van der Waals surface area contributed by atoms with Crippen LogP contribution in [0.4, 0.5) is 0 Å². The van der Waals surface area contributed by atoms with Crippen LogP contribution in [0.25, 0.3) is 0 Å². The second kappa shape index (κ2) is 5.75. The molecule has 0 saturated heterocycles. The van der Waals surface area contributed by atoms with Crippen molar-refractivity contribution in [1.82, 2.24) is 5.32 Å². The molecule has 0 amide bonds. The van der Waals surface area contributed by atoms with Crippen molar-refractivity contribution in [3.05, 3.63) is 21.9 Å². The van der Waals surface area contributed by atoms with Gasteiger partial charge in [-0.05, 0) is 56.1 Å².